The fraction of sp³-hybridized carbons (Fsp3) is 0.900. The van der Waals surface area contributed by atoms with E-state index in [0.717, 1.165) is 6.42 Å². The average Bonchev–Trinajstić information content (AvgIpc) is 1.78. The molecule has 0 aromatic heterocycles. The van der Waals surface area contributed by atoms with Crippen molar-refractivity contribution in [1.29, 1.82) is 0 Å². The van der Waals surface area contributed by atoms with E-state index in [1.165, 1.54) is 0 Å². The highest BCUT2D eigenvalue weighted by molar-refractivity contribution is 5.75. The van der Waals surface area contributed by atoms with Crippen molar-refractivity contribution in [3.63, 3.8) is 0 Å². The molecule has 1 rings (SSSR count). The lowest BCUT2D eigenvalue weighted by molar-refractivity contribution is -0.295. The van der Waals surface area contributed by atoms with Gasteiger partial charge in [-0.3, -0.25) is 4.79 Å². The van der Waals surface area contributed by atoms with Crippen molar-refractivity contribution in [3.8, 4) is 0 Å². The molecular weight excluding hydrogens is 168 g/mol. The van der Waals surface area contributed by atoms with Crippen molar-refractivity contribution in [2.75, 3.05) is 0 Å². The molecule has 1 aliphatic heterocycles. The van der Waals surface area contributed by atoms with Gasteiger partial charge in [0, 0.05) is 12.8 Å². The van der Waals surface area contributed by atoms with Crippen LogP contribution in [-0.2, 0) is 14.3 Å². The zero-order valence-electron chi connectivity index (χ0n) is 8.79. The van der Waals surface area contributed by atoms with Gasteiger partial charge in [-0.25, -0.2) is 0 Å². The Kier molecular flexibility index (Phi) is 3.09. The van der Waals surface area contributed by atoms with Crippen LogP contribution in [0.1, 0.15) is 40.5 Å². The van der Waals surface area contributed by atoms with E-state index in [9.17, 15) is 4.79 Å². The molecule has 2 atom stereocenters. The first kappa shape index (κ1) is 10.7. The van der Waals surface area contributed by atoms with Crippen molar-refractivity contribution in [3.05, 3.63) is 0 Å². The van der Waals surface area contributed by atoms with Crippen LogP contribution in [0.15, 0.2) is 0 Å². The maximum atomic E-state index is 10.9. The van der Waals surface area contributed by atoms with Crippen molar-refractivity contribution in [2.45, 2.75) is 58.5 Å². The Hall–Kier alpha value is -0.410. The Balaban J connectivity index is 2.52. The summed E-state index contributed by atoms with van der Waals surface area (Å²) in [6.07, 6.45) is 1.50. The van der Waals surface area contributed by atoms with E-state index in [1.807, 2.05) is 20.8 Å². The minimum absolute atomic E-state index is 0.0243. The van der Waals surface area contributed by atoms with Crippen LogP contribution in [0.2, 0.25) is 0 Å². The number of rotatable bonds is 2. The Labute approximate surface area is 79.4 Å². The summed E-state index contributed by atoms with van der Waals surface area (Å²) < 4.78 is 11.2. The Morgan fingerprint density at radius 3 is 2.54 bits per heavy atom. The number of Topliss-reactive ketones (excluding diaryl/α,β-unsaturated/α-hetero) is 1. The fourth-order valence-electron chi connectivity index (χ4n) is 1.83. The second kappa shape index (κ2) is 3.76. The first-order chi connectivity index (χ1) is 5.89. The van der Waals surface area contributed by atoms with Gasteiger partial charge >= 0.3 is 0 Å². The van der Waals surface area contributed by atoms with Crippen molar-refractivity contribution < 1.29 is 14.3 Å². The van der Waals surface area contributed by atoms with Gasteiger partial charge in [-0.2, -0.15) is 0 Å². The minimum Gasteiger partial charge on any atom is -0.347 e. The molecule has 0 aromatic carbocycles. The summed E-state index contributed by atoms with van der Waals surface area (Å²) in [6.45, 7) is 7.37. The van der Waals surface area contributed by atoms with Crippen LogP contribution in [0.4, 0.5) is 0 Å². The fourth-order valence-corrected chi connectivity index (χ4v) is 1.83. The van der Waals surface area contributed by atoms with Crippen LogP contribution in [0.25, 0.3) is 0 Å². The number of carbonyl (C=O) groups excluding carboxylic acids is 1. The summed E-state index contributed by atoms with van der Waals surface area (Å²) in [5, 5.41) is 0. The maximum absolute atomic E-state index is 10.9. The van der Waals surface area contributed by atoms with Crippen LogP contribution in [0.3, 0.4) is 0 Å². The summed E-state index contributed by atoms with van der Waals surface area (Å²) >= 11 is 0. The number of carbonyl (C=O) groups is 1. The third-order valence-electron chi connectivity index (χ3n) is 2.05. The number of hydrogen-bond acceptors (Lipinski definition) is 3. The first-order valence-corrected chi connectivity index (χ1v) is 4.74. The second-order valence-electron chi connectivity index (χ2n) is 4.21. The van der Waals surface area contributed by atoms with Crippen LogP contribution in [0, 0.1) is 0 Å². The molecule has 0 aromatic rings. The molecule has 3 nitrogen and oxygen atoms in total. The summed E-state index contributed by atoms with van der Waals surface area (Å²) in [4.78, 5) is 10.9. The molecule has 1 fully saturated rings. The first-order valence-electron chi connectivity index (χ1n) is 4.74. The minimum atomic E-state index is -0.544. The average molecular weight is 186 g/mol. The quantitative estimate of drug-likeness (QED) is 0.660. The summed E-state index contributed by atoms with van der Waals surface area (Å²) in [6, 6.07) is 0. The largest absolute Gasteiger partial charge is 0.347 e. The van der Waals surface area contributed by atoms with E-state index in [-0.39, 0.29) is 18.0 Å². The lowest BCUT2D eigenvalue weighted by Crippen LogP contribution is -2.44. The SMILES string of the molecule is CC(=O)CC1CC(C)OC(C)(C)O1. The van der Waals surface area contributed by atoms with Gasteiger partial charge in [0.1, 0.15) is 5.78 Å². The Morgan fingerprint density at radius 2 is 2.08 bits per heavy atom. The number of hydrogen-bond donors (Lipinski definition) is 0. The zero-order valence-corrected chi connectivity index (χ0v) is 8.79. The zero-order chi connectivity index (χ0) is 10.1. The summed E-state index contributed by atoms with van der Waals surface area (Å²) in [5.74, 6) is -0.368. The van der Waals surface area contributed by atoms with Crippen LogP contribution < -0.4 is 0 Å². The molecule has 3 heteroatoms. The molecule has 76 valence electrons. The molecule has 0 aliphatic carbocycles. The van der Waals surface area contributed by atoms with Gasteiger partial charge in [-0.05, 0) is 27.7 Å². The molecule has 1 saturated heterocycles. The van der Waals surface area contributed by atoms with E-state index in [4.69, 9.17) is 9.47 Å². The van der Waals surface area contributed by atoms with Crippen molar-refractivity contribution in [2.24, 2.45) is 0 Å². The Bertz CT molecular complexity index is 198. The summed E-state index contributed by atoms with van der Waals surface area (Å²) in [7, 11) is 0. The molecule has 0 saturated carbocycles. The lowest BCUT2D eigenvalue weighted by atomic mass is 10.1. The van der Waals surface area contributed by atoms with Gasteiger partial charge < -0.3 is 9.47 Å². The van der Waals surface area contributed by atoms with Crippen LogP contribution in [0.5, 0.6) is 0 Å². The van der Waals surface area contributed by atoms with Crippen molar-refractivity contribution >= 4 is 5.78 Å². The van der Waals surface area contributed by atoms with E-state index in [0.29, 0.717) is 6.42 Å². The molecule has 0 N–H and O–H groups in total. The predicted octanol–water partition coefficient (Wildman–Crippen LogP) is 1.90. The highest BCUT2D eigenvalue weighted by atomic mass is 16.7. The van der Waals surface area contributed by atoms with Gasteiger partial charge in [0.05, 0.1) is 12.2 Å². The number of ether oxygens (including phenoxy) is 2. The van der Waals surface area contributed by atoms with Gasteiger partial charge in [0.2, 0.25) is 0 Å². The van der Waals surface area contributed by atoms with Crippen LogP contribution in [-0.4, -0.2) is 23.8 Å². The van der Waals surface area contributed by atoms with Gasteiger partial charge in [-0.1, -0.05) is 0 Å². The standard InChI is InChI=1S/C10H18O3/c1-7(11)5-9-6-8(2)12-10(3,4)13-9/h8-9H,5-6H2,1-4H3. The third-order valence-corrected chi connectivity index (χ3v) is 2.05. The smallest absolute Gasteiger partial charge is 0.163 e. The molecule has 0 bridgehead atoms. The maximum Gasteiger partial charge on any atom is 0.163 e. The normalized spacial score (nSPS) is 32.9. The van der Waals surface area contributed by atoms with Crippen LogP contribution >= 0.6 is 0 Å². The molecule has 13 heavy (non-hydrogen) atoms. The lowest BCUT2D eigenvalue weighted by Gasteiger charge is -2.39. The molecular formula is C10H18O3. The predicted molar refractivity (Wildman–Crippen MR) is 49.4 cm³/mol. The van der Waals surface area contributed by atoms with E-state index in [2.05, 4.69) is 0 Å². The molecule has 0 radical (unpaired) electrons. The monoisotopic (exact) mass is 186 g/mol. The van der Waals surface area contributed by atoms with Crippen molar-refractivity contribution in [1.82, 2.24) is 0 Å². The topological polar surface area (TPSA) is 35.5 Å². The van der Waals surface area contributed by atoms with Gasteiger partial charge in [-0.15, -0.1) is 0 Å². The van der Waals surface area contributed by atoms with E-state index < -0.39 is 5.79 Å². The van der Waals surface area contributed by atoms with Gasteiger partial charge in [0.15, 0.2) is 5.79 Å². The second-order valence-corrected chi connectivity index (χ2v) is 4.21. The highest BCUT2D eigenvalue weighted by Gasteiger charge is 2.33. The summed E-state index contributed by atoms with van der Waals surface area (Å²) in [5.41, 5.74) is 0. The Morgan fingerprint density at radius 1 is 1.46 bits per heavy atom. The highest BCUT2D eigenvalue weighted by Crippen LogP contribution is 2.27. The van der Waals surface area contributed by atoms with Gasteiger partial charge in [0.25, 0.3) is 0 Å². The third kappa shape index (κ3) is 3.44. The van der Waals surface area contributed by atoms with E-state index in [1.54, 1.807) is 6.92 Å². The molecule has 1 aliphatic rings. The molecule has 1 heterocycles. The number of ketones is 1. The molecule has 2 unspecified atom stereocenters. The van der Waals surface area contributed by atoms with E-state index >= 15 is 0 Å². The molecule has 0 amide bonds. The molecule has 0 spiro atoms.